The number of anilines is 3. The van der Waals surface area contributed by atoms with Crippen molar-refractivity contribution in [3.05, 3.63) is 155 Å². The summed E-state index contributed by atoms with van der Waals surface area (Å²) in [6.45, 7) is 10.9. The molecule has 12 heteroatoms. The molecule has 0 aliphatic rings. The van der Waals surface area contributed by atoms with Crippen LogP contribution in [0.15, 0.2) is 122 Å². The van der Waals surface area contributed by atoms with Crippen molar-refractivity contribution < 1.29 is 30.5 Å². The van der Waals surface area contributed by atoms with Crippen molar-refractivity contribution in [2.24, 2.45) is 0 Å². The summed E-state index contributed by atoms with van der Waals surface area (Å²) in [6, 6.07) is 34.2. The van der Waals surface area contributed by atoms with Gasteiger partial charge >= 0.3 is 33.2 Å². The number of aromatic nitrogens is 6. The zero-order valence-electron chi connectivity index (χ0n) is 37.3. The molecule has 0 bridgehead atoms. The van der Waals surface area contributed by atoms with E-state index >= 15 is 0 Å². The monoisotopic (exact) mass is 973 g/mol. The van der Waals surface area contributed by atoms with Crippen LogP contribution in [-0.4, -0.2) is 25.0 Å². The van der Waals surface area contributed by atoms with Crippen molar-refractivity contribution >= 4 is 26.8 Å². The average Bonchev–Trinajstić information content (AvgIpc) is 3.86. The molecule has 0 saturated heterocycles. The van der Waals surface area contributed by atoms with Crippen LogP contribution >= 0.6 is 9.69 Å². The Kier molecular flexibility index (Phi) is 19.7. The van der Waals surface area contributed by atoms with Crippen LogP contribution in [0, 0.1) is 0 Å². The van der Waals surface area contributed by atoms with Gasteiger partial charge < -0.3 is 15.1 Å². The molecular weight excluding hydrogens is 916 g/mol. The summed E-state index contributed by atoms with van der Waals surface area (Å²) in [5.41, 5.74) is 12.2. The Morgan fingerprint density at radius 1 is 0.500 bits per heavy atom. The van der Waals surface area contributed by atoms with E-state index in [2.05, 4.69) is 159 Å². The van der Waals surface area contributed by atoms with Gasteiger partial charge in [0.1, 0.15) is 5.69 Å². The molecule has 0 unspecified atom stereocenters. The normalized spacial score (nSPS) is 11.0. The molecule has 5 aromatic heterocycles. The van der Waals surface area contributed by atoms with Crippen molar-refractivity contribution in [3.8, 4) is 34.2 Å². The number of hydrogen-bond acceptors (Lipinski definition) is 6. The fraction of sp³-hybridized carbons (Fsp3) is 0.327. The van der Waals surface area contributed by atoms with E-state index in [-0.39, 0.29) is 5.69 Å². The first kappa shape index (κ1) is 49.8. The Hall–Kier alpha value is -5.25. The van der Waals surface area contributed by atoms with Gasteiger partial charge in [0, 0.05) is 35.7 Å². The van der Waals surface area contributed by atoms with Crippen molar-refractivity contribution in [1.82, 2.24) is 30.1 Å². The standard InChI is InChI=1S/C31H34F3N4.C21H23N3.ClH.Ru/c1-3-5-7-9-23-11-15-25(16-12-23)38(26-17-13-24(14-18-26)10-8-6-4-2)27-19-20-35-28(21-27)29-22-30(37-36-29)31(32,33)34;1-4-15-7-9-22-18(11-15)20-13-17(6-3)14-21(24-20)19-12-16(5-2)8-10-23-19;;/h11-22H,3-10H2,1-2H3;7-14H,4-6H2,1-3H3;1H;/q-1;;;+2/p-1. The third-order valence-electron chi connectivity index (χ3n) is 10.9. The van der Waals surface area contributed by atoms with Crippen LogP contribution in [-0.2, 0) is 55.6 Å². The molecule has 0 atom stereocenters. The maximum absolute atomic E-state index is 13.1. The Labute approximate surface area is 391 Å². The number of hydrogen-bond donors (Lipinski definition) is 0. The molecule has 0 fully saturated rings. The molecule has 7 rings (SSSR count). The van der Waals surface area contributed by atoms with Crippen LogP contribution in [0.2, 0.25) is 0 Å². The number of benzene rings is 2. The number of nitrogens with zero attached hydrogens (tertiary/aromatic N) is 7. The summed E-state index contributed by atoms with van der Waals surface area (Å²) in [4.78, 5) is 20.3. The predicted molar refractivity (Wildman–Crippen MR) is 252 cm³/mol. The second-order valence-corrected chi connectivity index (χ2v) is 15.5. The van der Waals surface area contributed by atoms with Gasteiger partial charge in [-0.2, -0.15) is 13.2 Å². The number of halogens is 4. The SMILES string of the molecule is CCCCCc1ccc(N(c2ccc(CCCCC)cc2)c2ccnc(-c3cc(C(F)(F)F)n[n-]3)c2)cc1.CCc1ccnc(-c2cc(CC)cc(-c3cc(CC)ccn3)n2)c1.[Cl][Ru+]. The molecule has 64 heavy (non-hydrogen) atoms. The van der Waals surface area contributed by atoms with Gasteiger partial charge in [-0.3, -0.25) is 15.0 Å². The Balaban J connectivity index is 0.000000254. The molecule has 0 N–H and O–H groups in total. The minimum absolute atomic E-state index is 0.0941. The first-order valence-electron chi connectivity index (χ1n) is 22.2. The molecule has 0 aliphatic heterocycles. The topological polar surface area (TPSA) is 81.8 Å². The first-order valence-corrected chi connectivity index (χ1v) is 24.4. The van der Waals surface area contributed by atoms with E-state index in [1.807, 2.05) is 35.8 Å². The van der Waals surface area contributed by atoms with Crippen LogP contribution in [0.1, 0.15) is 107 Å². The zero-order valence-corrected chi connectivity index (χ0v) is 39.8. The number of rotatable bonds is 17. The van der Waals surface area contributed by atoms with Gasteiger partial charge in [0.15, 0.2) is 0 Å². The molecular formula is C52H57ClF3N7Ru. The van der Waals surface area contributed by atoms with Gasteiger partial charge in [-0.25, -0.2) is 4.98 Å². The molecule has 0 aliphatic carbocycles. The zero-order chi connectivity index (χ0) is 45.9. The summed E-state index contributed by atoms with van der Waals surface area (Å²) in [7, 11) is 4.57. The second kappa shape index (κ2) is 25.3. The molecule has 336 valence electrons. The molecule has 0 spiro atoms. The van der Waals surface area contributed by atoms with Gasteiger partial charge in [-0.15, -0.1) is 0 Å². The van der Waals surface area contributed by atoms with Gasteiger partial charge in [0.25, 0.3) is 0 Å². The quantitative estimate of drug-likeness (QED) is 0.0664. The average molecular weight is 974 g/mol. The third-order valence-corrected chi connectivity index (χ3v) is 10.9. The van der Waals surface area contributed by atoms with Crippen molar-refractivity contribution in [3.63, 3.8) is 0 Å². The summed E-state index contributed by atoms with van der Waals surface area (Å²) < 4.78 is 39.3. The van der Waals surface area contributed by atoms with Crippen LogP contribution in [0.5, 0.6) is 0 Å². The van der Waals surface area contributed by atoms with E-state index < -0.39 is 11.9 Å². The number of aryl methyl sites for hydroxylation is 5. The van der Waals surface area contributed by atoms with E-state index in [9.17, 15) is 13.2 Å². The fourth-order valence-corrected chi connectivity index (χ4v) is 7.21. The van der Waals surface area contributed by atoms with Crippen LogP contribution in [0.25, 0.3) is 34.2 Å². The summed E-state index contributed by atoms with van der Waals surface area (Å²) in [5.74, 6) is 0. The first-order chi connectivity index (χ1) is 31.1. The van der Waals surface area contributed by atoms with E-state index in [1.165, 1.54) is 53.5 Å². The van der Waals surface area contributed by atoms with Gasteiger partial charge in [-0.05, 0) is 152 Å². The van der Waals surface area contributed by atoms with Gasteiger partial charge in [0.2, 0.25) is 0 Å². The van der Waals surface area contributed by atoms with Gasteiger partial charge in [0.05, 0.1) is 28.5 Å². The minimum atomic E-state index is -4.55. The molecule has 0 radical (unpaired) electrons. The summed E-state index contributed by atoms with van der Waals surface area (Å²) in [6.07, 6.45) is 12.9. The van der Waals surface area contributed by atoms with Crippen molar-refractivity contribution in [2.45, 2.75) is 111 Å². The number of unbranched alkanes of at least 4 members (excludes halogenated alkanes) is 4. The Morgan fingerprint density at radius 2 is 0.953 bits per heavy atom. The predicted octanol–water partition coefficient (Wildman–Crippen LogP) is 14.6. The van der Waals surface area contributed by atoms with Crippen molar-refractivity contribution in [1.29, 1.82) is 0 Å². The van der Waals surface area contributed by atoms with Crippen LogP contribution < -0.4 is 10.00 Å². The fourth-order valence-electron chi connectivity index (χ4n) is 7.21. The summed E-state index contributed by atoms with van der Waals surface area (Å²) >= 11 is 1.82. The molecule has 7 nitrogen and oxygen atoms in total. The molecule has 0 amide bonds. The van der Waals surface area contributed by atoms with Crippen LogP contribution in [0.3, 0.4) is 0 Å². The number of pyridine rings is 4. The third kappa shape index (κ3) is 14.1. The Morgan fingerprint density at radius 3 is 1.39 bits per heavy atom. The molecule has 7 aromatic rings. The van der Waals surface area contributed by atoms with E-state index in [4.69, 9.17) is 4.98 Å². The molecule has 2 aromatic carbocycles. The van der Waals surface area contributed by atoms with Crippen LogP contribution in [0.4, 0.5) is 30.2 Å². The van der Waals surface area contributed by atoms with E-state index in [0.717, 1.165) is 90.8 Å². The summed E-state index contributed by atoms with van der Waals surface area (Å²) in [5, 5.41) is 7.05. The maximum atomic E-state index is 13.1. The van der Waals surface area contributed by atoms with Crippen molar-refractivity contribution in [2.75, 3.05) is 4.90 Å². The van der Waals surface area contributed by atoms with Gasteiger partial charge in [-0.1, -0.05) is 90.3 Å². The number of alkyl halides is 3. The Bertz CT molecular complexity index is 2350. The van der Waals surface area contributed by atoms with E-state index in [0.29, 0.717) is 5.69 Å². The molecule has 0 saturated carbocycles. The second-order valence-electron chi connectivity index (χ2n) is 15.5. The molecule has 5 heterocycles. The van der Waals surface area contributed by atoms with E-state index in [1.54, 1.807) is 12.3 Å².